The summed E-state index contributed by atoms with van der Waals surface area (Å²) in [5.74, 6) is 0. The Bertz CT molecular complexity index is 419. The smallest absolute Gasteiger partial charge is 0.0573 e. The predicted molar refractivity (Wildman–Crippen MR) is 85.3 cm³/mol. The first-order valence-corrected chi connectivity index (χ1v) is 7.69. The van der Waals surface area contributed by atoms with Gasteiger partial charge >= 0.3 is 0 Å². The topological polar surface area (TPSA) is 38.5 Å². The van der Waals surface area contributed by atoms with Crippen molar-refractivity contribution >= 4 is 5.69 Å². The molecule has 1 aliphatic heterocycles. The highest BCUT2D eigenvalue weighted by atomic mass is 16.5. The van der Waals surface area contributed by atoms with E-state index in [1.165, 1.54) is 11.3 Å². The fourth-order valence-corrected chi connectivity index (χ4v) is 3.45. The standard InChI is InChI=1S/C17H28N2O/c1-5-15-6-8-16(9-7-15)19(4)17(12-18)10-13(2)20-14(3)11-17/h6-9,13-14H,5,10-12,18H2,1-4H3. The molecule has 0 spiro atoms. The molecule has 1 saturated heterocycles. The van der Waals surface area contributed by atoms with Crippen molar-refractivity contribution in [1.82, 2.24) is 0 Å². The van der Waals surface area contributed by atoms with Crippen LogP contribution in [0, 0.1) is 0 Å². The predicted octanol–water partition coefficient (Wildman–Crippen LogP) is 2.97. The molecule has 1 aliphatic rings. The van der Waals surface area contributed by atoms with Crippen LogP contribution in [-0.2, 0) is 11.2 Å². The van der Waals surface area contributed by atoms with Crippen LogP contribution < -0.4 is 10.6 Å². The molecule has 0 aromatic heterocycles. The minimum absolute atomic E-state index is 0.00478. The van der Waals surface area contributed by atoms with Crippen LogP contribution in [0.5, 0.6) is 0 Å². The minimum Gasteiger partial charge on any atom is -0.375 e. The Morgan fingerprint density at radius 1 is 1.20 bits per heavy atom. The van der Waals surface area contributed by atoms with E-state index in [-0.39, 0.29) is 17.7 Å². The molecule has 3 heteroatoms. The van der Waals surface area contributed by atoms with Crippen molar-refractivity contribution in [3.05, 3.63) is 29.8 Å². The van der Waals surface area contributed by atoms with E-state index in [0.717, 1.165) is 19.3 Å². The first-order valence-electron chi connectivity index (χ1n) is 7.69. The van der Waals surface area contributed by atoms with E-state index in [1.807, 2.05) is 0 Å². The van der Waals surface area contributed by atoms with Gasteiger partial charge in [-0.25, -0.2) is 0 Å². The molecular weight excluding hydrogens is 248 g/mol. The van der Waals surface area contributed by atoms with Gasteiger partial charge in [0.15, 0.2) is 0 Å². The Kier molecular flexibility index (Phi) is 4.71. The number of aryl methyl sites for hydroxylation is 1. The van der Waals surface area contributed by atoms with Gasteiger partial charge in [-0.05, 0) is 50.8 Å². The first kappa shape index (κ1) is 15.3. The Labute approximate surface area is 123 Å². The van der Waals surface area contributed by atoms with E-state index in [1.54, 1.807) is 0 Å². The van der Waals surface area contributed by atoms with Gasteiger partial charge in [0, 0.05) is 19.3 Å². The van der Waals surface area contributed by atoms with Crippen molar-refractivity contribution in [2.24, 2.45) is 5.73 Å². The van der Waals surface area contributed by atoms with Crippen LogP contribution in [0.15, 0.2) is 24.3 Å². The van der Waals surface area contributed by atoms with Gasteiger partial charge in [-0.3, -0.25) is 0 Å². The molecular formula is C17H28N2O. The zero-order valence-corrected chi connectivity index (χ0v) is 13.2. The quantitative estimate of drug-likeness (QED) is 0.919. The summed E-state index contributed by atoms with van der Waals surface area (Å²) in [5, 5.41) is 0. The minimum atomic E-state index is 0.00478. The third-order valence-corrected chi connectivity index (χ3v) is 4.62. The Morgan fingerprint density at radius 3 is 2.20 bits per heavy atom. The lowest BCUT2D eigenvalue weighted by molar-refractivity contribution is -0.0591. The molecule has 0 aliphatic carbocycles. The molecule has 1 fully saturated rings. The third kappa shape index (κ3) is 2.99. The van der Waals surface area contributed by atoms with Crippen LogP contribution in [0.25, 0.3) is 0 Å². The zero-order valence-electron chi connectivity index (χ0n) is 13.2. The van der Waals surface area contributed by atoms with Crippen molar-refractivity contribution in [3.63, 3.8) is 0 Å². The van der Waals surface area contributed by atoms with Crippen LogP contribution >= 0.6 is 0 Å². The average molecular weight is 276 g/mol. The van der Waals surface area contributed by atoms with Gasteiger partial charge in [0.25, 0.3) is 0 Å². The molecule has 20 heavy (non-hydrogen) atoms. The lowest BCUT2D eigenvalue weighted by Crippen LogP contribution is -2.58. The molecule has 1 aromatic rings. The molecule has 1 heterocycles. The van der Waals surface area contributed by atoms with E-state index >= 15 is 0 Å². The highest BCUT2D eigenvalue weighted by Gasteiger charge is 2.40. The summed E-state index contributed by atoms with van der Waals surface area (Å²) >= 11 is 0. The average Bonchev–Trinajstić information content (AvgIpc) is 2.45. The van der Waals surface area contributed by atoms with E-state index in [2.05, 4.69) is 57.0 Å². The third-order valence-electron chi connectivity index (χ3n) is 4.62. The Morgan fingerprint density at radius 2 is 1.75 bits per heavy atom. The number of rotatable bonds is 4. The van der Waals surface area contributed by atoms with Gasteiger partial charge in [0.05, 0.1) is 17.7 Å². The summed E-state index contributed by atoms with van der Waals surface area (Å²) in [6, 6.07) is 8.84. The highest BCUT2D eigenvalue weighted by molar-refractivity contribution is 5.50. The summed E-state index contributed by atoms with van der Waals surface area (Å²) < 4.78 is 5.88. The molecule has 0 amide bonds. The first-order chi connectivity index (χ1) is 9.50. The fraction of sp³-hybridized carbons (Fsp3) is 0.647. The van der Waals surface area contributed by atoms with E-state index in [0.29, 0.717) is 6.54 Å². The van der Waals surface area contributed by atoms with Gasteiger partial charge in [-0.1, -0.05) is 19.1 Å². The van der Waals surface area contributed by atoms with Crippen molar-refractivity contribution in [3.8, 4) is 0 Å². The second kappa shape index (κ2) is 6.15. The Hall–Kier alpha value is -1.06. The molecule has 0 bridgehead atoms. The molecule has 2 atom stereocenters. The number of benzene rings is 1. The summed E-state index contributed by atoms with van der Waals surface area (Å²) in [6.45, 7) is 7.14. The largest absolute Gasteiger partial charge is 0.375 e. The number of hydrogen-bond donors (Lipinski definition) is 1. The maximum absolute atomic E-state index is 6.16. The summed E-state index contributed by atoms with van der Waals surface area (Å²) in [6.07, 6.45) is 3.58. The number of hydrogen-bond acceptors (Lipinski definition) is 3. The fourth-order valence-electron chi connectivity index (χ4n) is 3.45. The second-order valence-electron chi connectivity index (χ2n) is 6.17. The maximum atomic E-state index is 6.16. The molecule has 2 unspecified atom stereocenters. The SMILES string of the molecule is CCc1ccc(N(C)C2(CN)CC(C)OC(C)C2)cc1. The number of nitrogens with zero attached hydrogens (tertiary/aromatic N) is 1. The van der Waals surface area contributed by atoms with Crippen molar-refractivity contribution in [2.45, 2.75) is 57.8 Å². The molecule has 0 radical (unpaired) electrons. The van der Waals surface area contributed by atoms with Gasteiger partial charge in [-0.15, -0.1) is 0 Å². The van der Waals surface area contributed by atoms with Gasteiger partial charge in [0.2, 0.25) is 0 Å². The molecule has 2 N–H and O–H groups in total. The maximum Gasteiger partial charge on any atom is 0.0573 e. The van der Waals surface area contributed by atoms with Gasteiger partial charge < -0.3 is 15.4 Å². The summed E-state index contributed by atoms with van der Waals surface area (Å²) in [7, 11) is 2.17. The van der Waals surface area contributed by atoms with Crippen LogP contribution in [0.2, 0.25) is 0 Å². The van der Waals surface area contributed by atoms with E-state index in [4.69, 9.17) is 10.5 Å². The van der Waals surface area contributed by atoms with Crippen molar-refractivity contribution < 1.29 is 4.74 Å². The highest BCUT2D eigenvalue weighted by Crippen LogP contribution is 2.35. The van der Waals surface area contributed by atoms with Crippen LogP contribution in [0.3, 0.4) is 0 Å². The monoisotopic (exact) mass is 276 g/mol. The lowest BCUT2D eigenvalue weighted by atomic mass is 9.82. The number of nitrogens with two attached hydrogens (primary N) is 1. The lowest BCUT2D eigenvalue weighted by Gasteiger charge is -2.49. The van der Waals surface area contributed by atoms with Crippen molar-refractivity contribution in [2.75, 3.05) is 18.5 Å². The van der Waals surface area contributed by atoms with E-state index < -0.39 is 0 Å². The molecule has 3 nitrogen and oxygen atoms in total. The molecule has 112 valence electrons. The van der Waals surface area contributed by atoms with Crippen molar-refractivity contribution in [1.29, 1.82) is 0 Å². The Balaban J connectivity index is 2.24. The number of anilines is 1. The summed E-state index contributed by atoms with van der Waals surface area (Å²) in [4.78, 5) is 2.36. The second-order valence-corrected chi connectivity index (χ2v) is 6.17. The van der Waals surface area contributed by atoms with Crippen LogP contribution in [-0.4, -0.2) is 31.3 Å². The van der Waals surface area contributed by atoms with Gasteiger partial charge in [0.1, 0.15) is 0 Å². The zero-order chi connectivity index (χ0) is 14.8. The number of likely N-dealkylation sites (N-methyl/N-ethyl adjacent to an activating group) is 1. The van der Waals surface area contributed by atoms with Gasteiger partial charge in [-0.2, -0.15) is 0 Å². The number of ether oxygens (including phenoxy) is 1. The molecule has 1 aromatic carbocycles. The molecule has 0 saturated carbocycles. The summed E-state index contributed by atoms with van der Waals surface area (Å²) in [5.41, 5.74) is 8.78. The van der Waals surface area contributed by atoms with E-state index in [9.17, 15) is 0 Å². The molecule has 2 rings (SSSR count). The normalized spacial score (nSPS) is 30.2. The van der Waals surface area contributed by atoms with Crippen LogP contribution in [0.4, 0.5) is 5.69 Å². The van der Waals surface area contributed by atoms with Crippen LogP contribution in [0.1, 0.15) is 39.2 Å².